The predicted molar refractivity (Wildman–Crippen MR) is 76.1 cm³/mol. The van der Waals surface area contributed by atoms with Crippen molar-refractivity contribution in [2.24, 2.45) is 0 Å². The van der Waals surface area contributed by atoms with E-state index in [-0.39, 0.29) is 6.04 Å². The van der Waals surface area contributed by atoms with Gasteiger partial charge < -0.3 is 10.2 Å². The SMILES string of the molecule is O=C(C1CCCCN1C1CCNCC1)N1CCCC1. The van der Waals surface area contributed by atoms with Crippen LogP contribution in [-0.4, -0.2) is 60.5 Å². The van der Waals surface area contributed by atoms with Crippen LogP contribution in [0.2, 0.25) is 0 Å². The number of likely N-dealkylation sites (tertiary alicyclic amines) is 2. The van der Waals surface area contributed by atoms with Gasteiger partial charge in [-0.25, -0.2) is 0 Å². The molecule has 4 nitrogen and oxygen atoms in total. The van der Waals surface area contributed by atoms with Gasteiger partial charge in [0.25, 0.3) is 0 Å². The van der Waals surface area contributed by atoms with Crippen molar-refractivity contribution in [2.45, 2.75) is 57.0 Å². The maximum atomic E-state index is 12.7. The van der Waals surface area contributed by atoms with Crippen LogP contribution in [0.25, 0.3) is 0 Å². The molecule has 0 bridgehead atoms. The molecule has 3 heterocycles. The van der Waals surface area contributed by atoms with Gasteiger partial charge in [0.1, 0.15) is 0 Å². The van der Waals surface area contributed by atoms with Crippen LogP contribution in [0.4, 0.5) is 0 Å². The number of amides is 1. The van der Waals surface area contributed by atoms with Crippen molar-refractivity contribution < 1.29 is 4.79 Å². The van der Waals surface area contributed by atoms with Crippen LogP contribution in [0.5, 0.6) is 0 Å². The summed E-state index contributed by atoms with van der Waals surface area (Å²) in [5, 5.41) is 3.43. The molecule has 3 rings (SSSR count). The van der Waals surface area contributed by atoms with Crippen molar-refractivity contribution in [3.8, 4) is 0 Å². The smallest absolute Gasteiger partial charge is 0.239 e. The number of nitrogens with zero attached hydrogens (tertiary/aromatic N) is 2. The molecule has 1 amide bonds. The molecule has 4 heteroatoms. The molecule has 0 aromatic rings. The van der Waals surface area contributed by atoms with E-state index in [1.807, 2.05) is 0 Å². The normalized spacial score (nSPS) is 30.7. The van der Waals surface area contributed by atoms with Crippen LogP contribution in [0.3, 0.4) is 0 Å². The Morgan fingerprint density at radius 3 is 2.32 bits per heavy atom. The first-order valence-corrected chi connectivity index (χ1v) is 8.11. The highest BCUT2D eigenvalue weighted by molar-refractivity contribution is 5.82. The molecule has 0 aromatic heterocycles. The largest absolute Gasteiger partial charge is 0.341 e. The predicted octanol–water partition coefficient (Wildman–Crippen LogP) is 1.22. The van der Waals surface area contributed by atoms with Crippen LogP contribution in [0, 0.1) is 0 Å². The number of hydrogen-bond acceptors (Lipinski definition) is 3. The number of nitrogens with one attached hydrogen (secondary N) is 1. The molecular formula is C15H27N3O. The third-order valence-electron chi connectivity index (χ3n) is 5.02. The summed E-state index contributed by atoms with van der Waals surface area (Å²) in [5.74, 6) is 0.427. The Morgan fingerprint density at radius 1 is 0.895 bits per heavy atom. The third-order valence-corrected chi connectivity index (χ3v) is 5.02. The van der Waals surface area contributed by atoms with E-state index >= 15 is 0 Å². The summed E-state index contributed by atoms with van der Waals surface area (Å²) < 4.78 is 0. The first-order valence-electron chi connectivity index (χ1n) is 8.11. The van der Waals surface area contributed by atoms with Crippen molar-refractivity contribution in [1.82, 2.24) is 15.1 Å². The molecule has 3 fully saturated rings. The summed E-state index contributed by atoms with van der Waals surface area (Å²) in [7, 11) is 0. The zero-order valence-corrected chi connectivity index (χ0v) is 11.9. The van der Waals surface area contributed by atoms with E-state index in [9.17, 15) is 4.79 Å². The maximum absolute atomic E-state index is 12.7. The van der Waals surface area contributed by atoms with E-state index in [1.165, 1.54) is 38.5 Å². The van der Waals surface area contributed by atoms with Crippen molar-refractivity contribution in [1.29, 1.82) is 0 Å². The quantitative estimate of drug-likeness (QED) is 0.815. The molecule has 19 heavy (non-hydrogen) atoms. The number of hydrogen-bond donors (Lipinski definition) is 1. The van der Waals surface area contributed by atoms with Gasteiger partial charge >= 0.3 is 0 Å². The molecular weight excluding hydrogens is 238 g/mol. The fraction of sp³-hybridized carbons (Fsp3) is 0.933. The number of carbonyl (C=O) groups excluding carboxylic acids is 1. The molecule has 3 aliphatic heterocycles. The first-order chi connectivity index (χ1) is 9.36. The average Bonchev–Trinajstić information content (AvgIpc) is 3.02. The van der Waals surface area contributed by atoms with E-state index in [1.54, 1.807) is 0 Å². The molecule has 3 saturated heterocycles. The highest BCUT2D eigenvalue weighted by Gasteiger charge is 2.36. The molecule has 1 unspecified atom stereocenters. The summed E-state index contributed by atoms with van der Waals surface area (Å²) in [6.45, 7) is 5.36. The topological polar surface area (TPSA) is 35.6 Å². The van der Waals surface area contributed by atoms with Crippen LogP contribution in [0.1, 0.15) is 44.9 Å². The Balaban J connectivity index is 1.67. The molecule has 0 radical (unpaired) electrons. The molecule has 3 aliphatic rings. The second-order valence-corrected chi connectivity index (χ2v) is 6.26. The lowest BCUT2D eigenvalue weighted by atomic mass is 9.95. The minimum absolute atomic E-state index is 0.190. The Labute approximate surface area is 116 Å². The lowest BCUT2D eigenvalue weighted by molar-refractivity contribution is -0.138. The molecule has 108 valence electrons. The van der Waals surface area contributed by atoms with Gasteiger partial charge in [-0.3, -0.25) is 9.69 Å². The molecule has 0 saturated carbocycles. The van der Waals surface area contributed by atoms with Crippen LogP contribution < -0.4 is 5.32 Å². The van der Waals surface area contributed by atoms with Crippen molar-refractivity contribution in [3.05, 3.63) is 0 Å². The minimum Gasteiger partial charge on any atom is -0.341 e. The van der Waals surface area contributed by atoms with Crippen LogP contribution in [-0.2, 0) is 4.79 Å². The van der Waals surface area contributed by atoms with E-state index < -0.39 is 0 Å². The lowest BCUT2D eigenvalue weighted by Gasteiger charge is -2.43. The zero-order valence-electron chi connectivity index (χ0n) is 11.9. The third kappa shape index (κ3) is 2.95. The van der Waals surface area contributed by atoms with Crippen molar-refractivity contribution >= 4 is 5.91 Å². The first kappa shape index (κ1) is 13.4. The maximum Gasteiger partial charge on any atom is 0.239 e. The Morgan fingerprint density at radius 2 is 1.58 bits per heavy atom. The molecule has 0 spiro atoms. The zero-order chi connectivity index (χ0) is 13.1. The molecule has 1 atom stereocenters. The highest BCUT2D eigenvalue weighted by Crippen LogP contribution is 2.26. The Bertz CT molecular complexity index is 309. The number of carbonyl (C=O) groups is 1. The van der Waals surface area contributed by atoms with Gasteiger partial charge in [0.05, 0.1) is 6.04 Å². The van der Waals surface area contributed by atoms with E-state index in [2.05, 4.69) is 15.1 Å². The standard InChI is InChI=1S/C15H27N3O/c19-15(17-10-3-4-11-17)14-5-1-2-12-18(14)13-6-8-16-9-7-13/h13-14,16H,1-12H2. The van der Waals surface area contributed by atoms with Gasteiger partial charge in [-0.1, -0.05) is 6.42 Å². The summed E-state index contributed by atoms with van der Waals surface area (Å²) in [4.78, 5) is 17.4. The van der Waals surface area contributed by atoms with E-state index in [0.717, 1.165) is 39.1 Å². The second kappa shape index (κ2) is 6.23. The van der Waals surface area contributed by atoms with Gasteiger partial charge in [0.15, 0.2) is 0 Å². The average molecular weight is 265 g/mol. The van der Waals surface area contributed by atoms with Gasteiger partial charge in [-0.05, 0) is 58.2 Å². The summed E-state index contributed by atoms with van der Waals surface area (Å²) in [5.41, 5.74) is 0. The summed E-state index contributed by atoms with van der Waals surface area (Å²) >= 11 is 0. The van der Waals surface area contributed by atoms with Gasteiger partial charge in [0, 0.05) is 19.1 Å². The number of rotatable bonds is 2. The highest BCUT2D eigenvalue weighted by atomic mass is 16.2. The second-order valence-electron chi connectivity index (χ2n) is 6.26. The monoisotopic (exact) mass is 265 g/mol. The molecule has 0 aliphatic carbocycles. The fourth-order valence-electron chi connectivity index (χ4n) is 3.94. The Kier molecular flexibility index (Phi) is 4.38. The molecule has 0 aromatic carbocycles. The van der Waals surface area contributed by atoms with Gasteiger partial charge in [0.2, 0.25) is 5.91 Å². The van der Waals surface area contributed by atoms with Crippen molar-refractivity contribution in [2.75, 3.05) is 32.7 Å². The number of piperidine rings is 2. The van der Waals surface area contributed by atoms with Gasteiger partial charge in [-0.2, -0.15) is 0 Å². The Hall–Kier alpha value is -0.610. The lowest BCUT2D eigenvalue weighted by Crippen LogP contribution is -2.56. The van der Waals surface area contributed by atoms with E-state index in [4.69, 9.17) is 0 Å². The van der Waals surface area contributed by atoms with E-state index in [0.29, 0.717) is 11.9 Å². The van der Waals surface area contributed by atoms with Gasteiger partial charge in [-0.15, -0.1) is 0 Å². The fourth-order valence-corrected chi connectivity index (χ4v) is 3.94. The summed E-state index contributed by atoms with van der Waals surface area (Å²) in [6.07, 6.45) is 8.41. The summed E-state index contributed by atoms with van der Waals surface area (Å²) in [6, 6.07) is 0.827. The van der Waals surface area contributed by atoms with Crippen molar-refractivity contribution in [3.63, 3.8) is 0 Å². The van der Waals surface area contributed by atoms with Crippen LogP contribution >= 0.6 is 0 Å². The molecule has 1 N–H and O–H groups in total. The minimum atomic E-state index is 0.190. The van der Waals surface area contributed by atoms with Crippen LogP contribution in [0.15, 0.2) is 0 Å².